The first-order chi connectivity index (χ1) is 18.1. The maximum atomic E-state index is 12.9. The molecule has 2 heterocycles. The molecule has 2 aliphatic rings. The fraction of sp³-hybridized carbons (Fsp3) is 0.750. The van der Waals surface area contributed by atoms with Crippen molar-refractivity contribution in [2.75, 3.05) is 0 Å². The van der Waals surface area contributed by atoms with Gasteiger partial charge in [-0.25, -0.2) is 0 Å². The number of likely N-dealkylation sites (tertiary alicyclic amines) is 1. The summed E-state index contributed by atoms with van der Waals surface area (Å²) >= 11 is 0. The minimum Gasteiger partial charge on any atom is -0.462 e. The quantitative estimate of drug-likeness (QED) is 0.292. The number of carbonyl (C=O) groups is 2. The molecule has 1 aromatic rings. The fourth-order valence-corrected chi connectivity index (χ4v) is 6.71. The van der Waals surface area contributed by atoms with Gasteiger partial charge in [0.15, 0.2) is 0 Å². The Morgan fingerprint density at radius 1 is 0.872 bits per heavy atom. The lowest BCUT2D eigenvalue weighted by Crippen LogP contribution is -2.65. The zero-order valence-electron chi connectivity index (χ0n) is 25.6. The van der Waals surface area contributed by atoms with E-state index in [1.54, 1.807) is 0 Å². The summed E-state index contributed by atoms with van der Waals surface area (Å²) in [5.41, 5.74) is 0.884. The highest BCUT2D eigenvalue weighted by Crippen LogP contribution is 2.44. The maximum absolute atomic E-state index is 12.9. The normalized spacial score (nSPS) is 30.1. The standard InChI is InChI=1S/C32H52N2O5/c1-21(2)27-15-25(16-28(22(3)4)34(27)37)38-29(35)17-30(36)39-26-18-31(7,8)33(32(9,19-26)23(5)6)20-24-13-11-10-12-14-24/h10-14,21-23,25-28,37H,15-20H2,1-9H3. The highest BCUT2D eigenvalue weighted by atomic mass is 16.6. The van der Waals surface area contributed by atoms with Crippen molar-refractivity contribution in [3.63, 3.8) is 0 Å². The number of carbonyl (C=O) groups excluding carboxylic acids is 2. The number of hydroxylamine groups is 2. The van der Waals surface area contributed by atoms with Crippen LogP contribution in [0.3, 0.4) is 0 Å². The van der Waals surface area contributed by atoms with E-state index in [0.29, 0.717) is 31.6 Å². The zero-order valence-corrected chi connectivity index (χ0v) is 25.6. The molecule has 2 aliphatic heterocycles. The minimum absolute atomic E-state index is 0.0899. The Hall–Kier alpha value is -1.96. The van der Waals surface area contributed by atoms with Crippen LogP contribution >= 0.6 is 0 Å². The lowest BCUT2D eigenvalue weighted by atomic mass is 9.71. The van der Waals surface area contributed by atoms with E-state index in [-0.39, 0.29) is 53.6 Å². The minimum atomic E-state index is -0.547. The Balaban J connectivity index is 1.62. The highest BCUT2D eigenvalue weighted by Gasteiger charge is 2.50. The number of benzene rings is 1. The summed E-state index contributed by atoms with van der Waals surface area (Å²) in [4.78, 5) is 28.3. The number of piperidine rings is 2. The van der Waals surface area contributed by atoms with Gasteiger partial charge in [-0.1, -0.05) is 71.9 Å². The third-order valence-corrected chi connectivity index (χ3v) is 9.26. The Labute approximate surface area is 236 Å². The van der Waals surface area contributed by atoms with Crippen LogP contribution in [-0.4, -0.2) is 62.5 Å². The second kappa shape index (κ2) is 12.7. The Morgan fingerprint density at radius 3 is 1.87 bits per heavy atom. The van der Waals surface area contributed by atoms with E-state index in [0.717, 1.165) is 6.54 Å². The molecule has 0 amide bonds. The molecule has 0 radical (unpaired) electrons. The molecule has 4 unspecified atom stereocenters. The summed E-state index contributed by atoms with van der Waals surface area (Å²) in [6.07, 6.45) is 1.54. The van der Waals surface area contributed by atoms with Gasteiger partial charge >= 0.3 is 11.9 Å². The maximum Gasteiger partial charge on any atom is 0.317 e. The Bertz CT molecular complexity index is 945. The molecule has 0 aliphatic carbocycles. The topological polar surface area (TPSA) is 79.3 Å². The van der Waals surface area contributed by atoms with Crippen LogP contribution in [0.25, 0.3) is 0 Å². The lowest BCUT2D eigenvalue weighted by Gasteiger charge is -2.58. The SMILES string of the molecule is CC(C)C1CC(OC(=O)CC(=O)OC2CC(C)(C)N(Cc3ccccc3)C(C)(C(C)C)C2)CC(C(C)C)N1O. The smallest absolute Gasteiger partial charge is 0.317 e. The van der Waals surface area contributed by atoms with Gasteiger partial charge in [0.25, 0.3) is 0 Å². The summed E-state index contributed by atoms with van der Waals surface area (Å²) in [6.45, 7) is 20.2. The van der Waals surface area contributed by atoms with Gasteiger partial charge < -0.3 is 14.7 Å². The van der Waals surface area contributed by atoms with Crippen molar-refractivity contribution < 1.29 is 24.3 Å². The van der Waals surface area contributed by atoms with E-state index < -0.39 is 11.9 Å². The van der Waals surface area contributed by atoms with Gasteiger partial charge in [0, 0.05) is 55.4 Å². The molecule has 0 saturated carbocycles. The molecule has 2 saturated heterocycles. The molecule has 7 nitrogen and oxygen atoms in total. The number of esters is 2. The van der Waals surface area contributed by atoms with Crippen LogP contribution in [0.2, 0.25) is 0 Å². The van der Waals surface area contributed by atoms with Crippen LogP contribution in [0.15, 0.2) is 30.3 Å². The van der Waals surface area contributed by atoms with E-state index in [4.69, 9.17) is 9.47 Å². The molecule has 3 rings (SSSR count). The van der Waals surface area contributed by atoms with E-state index in [2.05, 4.69) is 91.5 Å². The summed E-state index contributed by atoms with van der Waals surface area (Å²) in [5.74, 6) is -0.298. The average molecular weight is 545 g/mol. The van der Waals surface area contributed by atoms with Crippen LogP contribution in [0.1, 0.15) is 100.0 Å². The molecule has 0 bridgehead atoms. The molecule has 39 heavy (non-hydrogen) atoms. The molecular weight excluding hydrogens is 492 g/mol. The van der Waals surface area contributed by atoms with Crippen LogP contribution in [0, 0.1) is 17.8 Å². The predicted molar refractivity (Wildman–Crippen MR) is 153 cm³/mol. The van der Waals surface area contributed by atoms with Gasteiger partial charge in [0.05, 0.1) is 0 Å². The number of hydrogen-bond donors (Lipinski definition) is 1. The molecule has 220 valence electrons. The Kier molecular flexibility index (Phi) is 10.3. The zero-order chi connectivity index (χ0) is 29.1. The number of hydrogen-bond acceptors (Lipinski definition) is 7. The Morgan fingerprint density at radius 2 is 1.38 bits per heavy atom. The van der Waals surface area contributed by atoms with Crippen LogP contribution < -0.4 is 0 Å². The van der Waals surface area contributed by atoms with Crippen LogP contribution in [-0.2, 0) is 25.6 Å². The van der Waals surface area contributed by atoms with E-state index in [9.17, 15) is 14.8 Å². The first-order valence-corrected chi connectivity index (χ1v) is 14.8. The first kappa shape index (κ1) is 31.6. The van der Waals surface area contributed by atoms with Gasteiger partial charge in [0.2, 0.25) is 0 Å². The van der Waals surface area contributed by atoms with Crippen molar-refractivity contribution in [3.8, 4) is 0 Å². The van der Waals surface area contributed by atoms with Crippen molar-refractivity contribution >= 4 is 11.9 Å². The summed E-state index contributed by atoms with van der Waals surface area (Å²) in [7, 11) is 0. The molecule has 1 aromatic carbocycles. The van der Waals surface area contributed by atoms with Gasteiger partial charge in [-0.2, -0.15) is 5.06 Å². The summed E-state index contributed by atoms with van der Waals surface area (Å²) in [5, 5.41) is 12.1. The predicted octanol–water partition coefficient (Wildman–Crippen LogP) is 6.22. The largest absolute Gasteiger partial charge is 0.462 e. The van der Waals surface area contributed by atoms with E-state index in [1.807, 2.05) is 6.07 Å². The van der Waals surface area contributed by atoms with Crippen molar-refractivity contribution in [2.45, 2.75) is 136 Å². The third kappa shape index (κ3) is 7.62. The van der Waals surface area contributed by atoms with Crippen molar-refractivity contribution in [2.24, 2.45) is 17.8 Å². The van der Waals surface area contributed by atoms with Gasteiger partial charge in [-0.15, -0.1) is 0 Å². The van der Waals surface area contributed by atoms with Gasteiger partial charge in [0.1, 0.15) is 18.6 Å². The van der Waals surface area contributed by atoms with Crippen LogP contribution in [0.5, 0.6) is 0 Å². The van der Waals surface area contributed by atoms with Gasteiger partial charge in [-0.3, -0.25) is 14.5 Å². The van der Waals surface area contributed by atoms with Crippen molar-refractivity contribution in [1.82, 2.24) is 9.96 Å². The molecule has 7 heteroatoms. The number of nitrogens with zero attached hydrogens (tertiary/aromatic N) is 2. The molecule has 0 spiro atoms. The van der Waals surface area contributed by atoms with Crippen LogP contribution in [0.4, 0.5) is 0 Å². The monoisotopic (exact) mass is 544 g/mol. The second-order valence-corrected chi connectivity index (χ2v) is 13.7. The lowest BCUT2D eigenvalue weighted by molar-refractivity contribution is -0.219. The van der Waals surface area contributed by atoms with E-state index in [1.165, 1.54) is 10.6 Å². The fourth-order valence-electron chi connectivity index (χ4n) is 6.71. The average Bonchev–Trinajstić information content (AvgIpc) is 2.82. The molecular formula is C32H52N2O5. The van der Waals surface area contributed by atoms with Crippen molar-refractivity contribution in [3.05, 3.63) is 35.9 Å². The molecule has 4 atom stereocenters. The second-order valence-electron chi connectivity index (χ2n) is 13.7. The summed E-state index contributed by atoms with van der Waals surface area (Å²) in [6, 6.07) is 10.3. The van der Waals surface area contributed by atoms with Gasteiger partial charge in [-0.05, 0) is 44.1 Å². The number of ether oxygens (including phenoxy) is 2. The number of rotatable bonds is 9. The molecule has 2 fully saturated rings. The third-order valence-electron chi connectivity index (χ3n) is 9.26. The molecule has 1 N–H and O–H groups in total. The van der Waals surface area contributed by atoms with E-state index >= 15 is 0 Å². The first-order valence-electron chi connectivity index (χ1n) is 14.8. The molecule has 0 aromatic heterocycles. The summed E-state index contributed by atoms with van der Waals surface area (Å²) < 4.78 is 11.7. The van der Waals surface area contributed by atoms with Crippen molar-refractivity contribution in [1.29, 1.82) is 0 Å². The highest BCUT2D eigenvalue weighted by molar-refractivity contribution is 5.91.